The predicted octanol–water partition coefficient (Wildman–Crippen LogP) is 2.96. The second-order valence-electron chi connectivity index (χ2n) is 4.12. The quantitative estimate of drug-likeness (QED) is 0.888. The number of anilines is 1. The van der Waals surface area contributed by atoms with E-state index in [0.717, 1.165) is 5.75 Å². The lowest BCUT2D eigenvalue weighted by Crippen LogP contribution is -2.14. The van der Waals surface area contributed by atoms with Gasteiger partial charge in [-0.2, -0.15) is 0 Å². The van der Waals surface area contributed by atoms with Crippen LogP contribution in [0.1, 0.15) is 5.56 Å². The average Bonchev–Trinajstić information content (AvgIpc) is 2.49. The van der Waals surface area contributed by atoms with Crippen LogP contribution in [0.25, 0.3) is 0 Å². The van der Waals surface area contributed by atoms with Crippen molar-refractivity contribution in [3.63, 3.8) is 0 Å². The van der Waals surface area contributed by atoms with E-state index in [1.807, 2.05) is 18.2 Å². The second kappa shape index (κ2) is 7.55. The highest BCUT2D eigenvalue weighted by Crippen LogP contribution is 2.14. The minimum atomic E-state index is -0.0297. The molecule has 4 nitrogen and oxygen atoms in total. The van der Waals surface area contributed by atoms with Gasteiger partial charge in [0, 0.05) is 11.8 Å². The number of benzene rings is 1. The molecule has 104 valence electrons. The van der Waals surface area contributed by atoms with Gasteiger partial charge in [-0.1, -0.05) is 30.3 Å². The minimum absolute atomic E-state index is 0.0297. The van der Waals surface area contributed by atoms with Gasteiger partial charge in [-0.15, -0.1) is 11.8 Å². The van der Waals surface area contributed by atoms with Gasteiger partial charge >= 0.3 is 0 Å². The fourth-order valence-corrected chi connectivity index (χ4v) is 2.40. The summed E-state index contributed by atoms with van der Waals surface area (Å²) in [4.78, 5) is 15.8. The predicted molar refractivity (Wildman–Crippen MR) is 82.0 cm³/mol. The summed E-state index contributed by atoms with van der Waals surface area (Å²) in [6, 6.07) is 13.6. The van der Waals surface area contributed by atoms with Crippen molar-refractivity contribution in [1.82, 2.24) is 4.98 Å². The van der Waals surface area contributed by atoms with E-state index < -0.39 is 0 Å². The summed E-state index contributed by atoms with van der Waals surface area (Å²) < 4.78 is 4.96. The van der Waals surface area contributed by atoms with Gasteiger partial charge in [0.25, 0.3) is 0 Å². The zero-order valence-corrected chi connectivity index (χ0v) is 12.0. The summed E-state index contributed by atoms with van der Waals surface area (Å²) in [5.74, 6) is 1.75. The molecule has 0 spiro atoms. The van der Waals surface area contributed by atoms with Gasteiger partial charge in [0.15, 0.2) is 0 Å². The highest BCUT2D eigenvalue weighted by Gasteiger charge is 2.03. The Hall–Kier alpha value is -2.01. The fraction of sp³-hybridized carbons (Fsp3) is 0.200. The van der Waals surface area contributed by atoms with Gasteiger partial charge in [0.05, 0.1) is 24.7 Å². The number of ether oxygens (including phenoxy) is 1. The monoisotopic (exact) mass is 288 g/mol. The van der Waals surface area contributed by atoms with Crippen molar-refractivity contribution in [2.24, 2.45) is 0 Å². The van der Waals surface area contributed by atoms with Crippen LogP contribution in [-0.4, -0.2) is 23.8 Å². The first kappa shape index (κ1) is 14.4. The van der Waals surface area contributed by atoms with E-state index >= 15 is 0 Å². The Morgan fingerprint density at radius 2 is 2.05 bits per heavy atom. The smallest absolute Gasteiger partial charge is 0.234 e. The molecular weight excluding hydrogens is 272 g/mol. The Morgan fingerprint density at radius 1 is 1.25 bits per heavy atom. The highest BCUT2D eigenvalue weighted by molar-refractivity contribution is 7.99. The largest absolute Gasteiger partial charge is 0.481 e. The summed E-state index contributed by atoms with van der Waals surface area (Å²) in [6.45, 7) is 0. The zero-order valence-electron chi connectivity index (χ0n) is 11.2. The van der Waals surface area contributed by atoms with Crippen LogP contribution in [0.2, 0.25) is 0 Å². The van der Waals surface area contributed by atoms with Gasteiger partial charge in [-0.3, -0.25) is 4.79 Å². The number of pyridine rings is 1. The number of thioether (sulfide) groups is 1. The molecular formula is C15H16N2O2S. The van der Waals surface area contributed by atoms with Crippen molar-refractivity contribution in [3.8, 4) is 5.88 Å². The molecule has 0 atom stereocenters. The first-order valence-electron chi connectivity index (χ1n) is 6.19. The first-order chi connectivity index (χ1) is 9.78. The van der Waals surface area contributed by atoms with Crippen molar-refractivity contribution in [1.29, 1.82) is 0 Å². The zero-order chi connectivity index (χ0) is 14.2. The second-order valence-corrected chi connectivity index (χ2v) is 5.10. The molecule has 2 aromatic rings. The van der Waals surface area contributed by atoms with E-state index in [2.05, 4.69) is 22.4 Å². The Bertz CT molecular complexity index is 544. The van der Waals surface area contributed by atoms with Crippen molar-refractivity contribution in [2.45, 2.75) is 5.75 Å². The molecule has 1 heterocycles. The van der Waals surface area contributed by atoms with Crippen LogP contribution in [0.15, 0.2) is 48.7 Å². The standard InChI is InChI=1S/C15H16N2O2S/c1-19-15-8-7-13(9-16-15)17-14(18)11-20-10-12-5-3-2-4-6-12/h2-9H,10-11H2,1H3,(H,17,18). The molecule has 1 aromatic heterocycles. The summed E-state index contributed by atoms with van der Waals surface area (Å²) in [5.41, 5.74) is 1.90. The number of methoxy groups -OCH3 is 1. The van der Waals surface area contributed by atoms with E-state index in [4.69, 9.17) is 4.74 Å². The van der Waals surface area contributed by atoms with Crippen molar-refractivity contribution in [2.75, 3.05) is 18.2 Å². The SMILES string of the molecule is COc1ccc(NC(=O)CSCc2ccccc2)cn1. The number of carbonyl (C=O) groups is 1. The molecule has 1 aromatic carbocycles. The lowest BCUT2D eigenvalue weighted by atomic mass is 10.2. The molecule has 1 N–H and O–H groups in total. The third kappa shape index (κ3) is 4.59. The Morgan fingerprint density at radius 3 is 2.70 bits per heavy atom. The van der Waals surface area contributed by atoms with Crippen LogP contribution >= 0.6 is 11.8 Å². The topological polar surface area (TPSA) is 51.2 Å². The molecule has 2 rings (SSSR count). The number of amides is 1. The number of carbonyl (C=O) groups excluding carboxylic acids is 1. The number of nitrogens with zero attached hydrogens (tertiary/aromatic N) is 1. The molecule has 1 amide bonds. The third-order valence-electron chi connectivity index (χ3n) is 2.57. The molecule has 0 saturated heterocycles. The normalized spacial score (nSPS) is 10.1. The summed E-state index contributed by atoms with van der Waals surface area (Å²) in [5, 5.41) is 2.80. The highest BCUT2D eigenvalue weighted by atomic mass is 32.2. The van der Waals surface area contributed by atoms with Crippen LogP contribution in [0.3, 0.4) is 0 Å². The number of hydrogen-bond donors (Lipinski definition) is 1. The molecule has 0 unspecified atom stereocenters. The van der Waals surface area contributed by atoms with Gasteiger partial charge in [0.2, 0.25) is 11.8 Å². The number of hydrogen-bond acceptors (Lipinski definition) is 4. The van der Waals surface area contributed by atoms with Crippen LogP contribution < -0.4 is 10.1 Å². The maximum absolute atomic E-state index is 11.8. The molecule has 0 aliphatic rings. The number of nitrogens with one attached hydrogen (secondary N) is 1. The van der Waals surface area contributed by atoms with Crippen LogP contribution in [-0.2, 0) is 10.5 Å². The molecule has 0 radical (unpaired) electrons. The first-order valence-corrected chi connectivity index (χ1v) is 7.35. The van der Waals surface area contributed by atoms with Crippen molar-refractivity contribution in [3.05, 3.63) is 54.2 Å². The molecule has 0 aliphatic carbocycles. The van der Waals surface area contributed by atoms with Gasteiger partial charge in [-0.25, -0.2) is 4.98 Å². The fourth-order valence-electron chi connectivity index (χ4n) is 1.61. The van der Waals surface area contributed by atoms with E-state index in [1.165, 1.54) is 5.56 Å². The van der Waals surface area contributed by atoms with Crippen molar-refractivity contribution >= 4 is 23.4 Å². The average molecular weight is 288 g/mol. The summed E-state index contributed by atoms with van der Waals surface area (Å²) in [7, 11) is 1.56. The van der Waals surface area contributed by atoms with E-state index in [0.29, 0.717) is 17.3 Å². The van der Waals surface area contributed by atoms with Crippen LogP contribution in [0.4, 0.5) is 5.69 Å². The summed E-state index contributed by atoms with van der Waals surface area (Å²) in [6.07, 6.45) is 1.58. The van der Waals surface area contributed by atoms with Crippen LogP contribution in [0, 0.1) is 0 Å². The lowest BCUT2D eigenvalue weighted by Gasteiger charge is -2.05. The Balaban J connectivity index is 1.74. The van der Waals surface area contributed by atoms with E-state index in [1.54, 1.807) is 37.2 Å². The molecule has 0 fully saturated rings. The lowest BCUT2D eigenvalue weighted by molar-refractivity contribution is -0.113. The van der Waals surface area contributed by atoms with Gasteiger partial charge < -0.3 is 10.1 Å². The molecule has 20 heavy (non-hydrogen) atoms. The minimum Gasteiger partial charge on any atom is -0.481 e. The molecule has 0 saturated carbocycles. The Labute approximate surface area is 122 Å². The van der Waals surface area contributed by atoms with Gasteiger partial charge in [-0.05, 0) is 11.6 Å². The Kier molecular flexibility index (Phi) is 5.43. The maximum Gasteiger partial charge on any atom is 0.234 e. The van der Waals surface area contributed by atoms with Crippen LogP contribution in [0.5, 0.6) is 5.88 Å². The van der Waals surface area contributed by atoms with E-state index in [-0.39, 0.29) is 5.91 Å². The number of aromatic nitrogens is 1. The maximum atomic E-state index is 11.8. The molecule has 5 heteroatoms. The van der Waals surface area contributed by atoms with E-state index in [9.17, 15) is 4.79 Å². The number of rotatable bonds is 6. The molecule has 0 bridgehead atoms. The van der Waals surface area contributed by atoms with Crippen molar-refractivity contribution < 1.29 is 9.53 Å². The van der Waals surface area contributed by atoms with Gasteiger partial charge in [0.1, 0.15) is 0 Å². The molecule has 0 aliphatic heterocycles. The third-order valence-corrected chi connectivity index (χ3v) is 3.58. The summed E-state index contributed by atoms with van der Waals surface area (Å²) >= 11 is 1.58.